The molecule has 0 spiro atoms. The molecule has 8 nitrogen and oxygen atoms in total. The Bertz CT molecular complexity index is 602. The molecule has 2 aliphatic rings. The van der Waals surface area contributed by atoms with E-state index in [-0.39, 0.29) is 24.2 Å². The summed E-state index contributed by atoms with van der Waals surface area (Å²) in [6, 6.07) is 0. The summed E-state index contributed by atoms with van der Waals surface area (Å²) in [5.74, 6) is -0.390. The third-order valence-electron chi connectivity index (χ3n) is 5.20. The van der Waals surface area contributed by atoms with Crippen LogP contribution in [0.15, 0.2) is 6.20 Å². The Hall–Kier alpha value is -1.96. The Morgan fingerprint density at radius 3 is 2.40 bits per heavy atom. The van der Waals surface area contributed by atoms with Crippen LogP contribution in [-0.4, -0.2) is 62.2 Å². The minimum Gasteiger partial charge on any atom is -0.476 e. The summed E-state index contributed by atoms with van der Waals surface area (Å²) in [4.78, 5) is 24.9. The van der Waals surface area contributed by atoms with E-state index in [0.29, 0.717) is 19.2 Å². The molecule has 0 bridgehead atoms. The molecule has 1 aliphatic carbocycles. The number of rotatable bonds is 5. The lowest BCUT2D eigenvalue weighted by Crippen LogP contribution is -2.43. The maximum atomic E-state index is 12.3. The second-order valence-electron chi connectivity index (χ2n) is 7.20. The monoisotopic (exact) mass is 350 g/mol. The van der Waals surface area contributed by atoms with Crippen molar-refractivity contribution in [1.82, 2.24) is 19.9 Å². The van der Waals surface area contributed by atoms with E-state index < -0.39 is 5.97 Å². The molecular formula is C17H26N4O4. The van der Waals surface area contributed by atoms with Gasteiger partial charge in [0.2, 0.25) is 5.91 Å². The second kappa shape index (κ2) is 7.95. The van der Waals surface area contributed by atoms with E-state index in [9.17, 15) is 9.59 Å². The van der Waals surface area contributed by atoms with Gasteiger partial charge in [-0.05, 0) is 44.4 Å². The first kappa shape index (κ1) is 17.8. The first-order valence-electron chi connectivity index (χ1n) is 9.08. The molecule has 25 heavy (non-hydrogen) atoms. The SMILES string of the molecule is CC1CCC(OC2CCN(C(=O)Cn3cc(C(=O)O)nn3)CC2)CC1. The van der Waals surface area contributed by atoms with Crippen LogP contribution in [0.2, 0.25) is 0 Å². The number of hydrogen-bond acceptors (Lipinski definition) is 5. The third-order valence-corrected chi connectivity index (χ3v) is 5.20. The Morgan fingerprint density at radius 1 is 1.16 bits per heavy atom. The molecule has 1 saturated carbocycles. The average molecular weight is 350 g/mol. The van der Waals surface area contributed by atoms with Crippen LogP contribution in [0.1, 0.15) is 55.9 Å². The number of likely N-dealkylation sites (tertiary alicyclic amines) is 1. The van der Waals surface area contributed by atoms with Gasteiger partial charge < -0.3 is 14.7 Å². The quantitative estimate of drug-likeness (QED) is 0.865. The summed E-state index contributed by atoms with van der Waals surface area (Å²) in [6.45, 7) is 3.67. The van der Waals surface area contributed by atoms with Gasteiger partial charge in [0.1, 0.15) is 6.54 Å². The van der Waals surface area contributed by atoms with Crippen molar-refractivity contribution in [3.63, 3.8) is 0 Å². The number of carboxylic acids is 1. The maximum Gasteiger partial charge on any atom is 0.358 e. The van der Waals surface area contributed by atoms with E-state index in [1.807, 2.05) is 0 Å². The molecule has 2 heterocycles. The molecule has 0 radical (unpaired) electrons. The van der Waals surface area contributed by atoms with Gasteiger partial charge in [-0.2, -0.15) is 0 Å². The van der Waals surface area contributed by atoms with E-state index in [1.165, 1.54) is 23.7 Å². The van der Waals surface area contributed by atoms with Crippen molar-refractivity contribution in [2.75, 3.05) is 13.1 Å². The van der Waals surface area contributed by atoms with Crippen molar-refractivity contribution in [1.29, 1.82) is 0 Å². The zero-order chi connectivity index (χ0) is 17.8. The highest BCUT2D eigenvalue weighted by molar-refractivity contribution is 5.84. The standard InChI is InChI=1S/C17H26N4O4/c1-12-2-4-13(5-3-12)25-14-6-8-20(9-7-14)16(22)11-21-10-15(17(23)24)18-19-21/h10,12-14H,2-9,11H2,1H3,(H,23,24). The van der Waals surface area contributed by atoms with Gasteiger partial charge >= 0.3 is 5.97 Å². The molecule has 1 N–H and O–H groups in total. The first-order chi connectivity index (χ1) is 12.0. The van der Waals surface area contributed by atoms with Gasteiger partial charge in [0, 0.05) is 13.1 Å². The molecule has 1 aliphatic heterocycles. The van der Waals surface area contributed by atoms with Crippen molar-refractivity contribution in [3.05, 3.63) is 11.9 Å². The number of carboxylic acid groups (broad SMARTS) is 1. The van der Waals surface area contributed by atoms with Gasteiger partial charge in [0.25, 0.3) is 0 Å². The summed E-state index contributed by atoms with van der Waals surface area (Å²) >= 11 is 0. The molecule has 0 unspecified atom stereocenters. The van der Waals surface area contributed by atoms with Crippen LogP contribution in [0.4, 0.5) is 0 Å². The molecule has 0 atom stereocenters. The lowest BCUT2D eigenvalue weighted by Gasteiger charge is -2.35. The Balaban J connectivity index is 1.42. The van der Waals surface area contributed by atoms with Crippen molar-refractivity contribution in [2.45, 2.75) is 64.2 Å². The average Bonchev–Trinajstić information content (AvgIpc) is 3.06. The molecule has 1 aromatic heterocycles. The van der Waals surface area contributed by atoms with Gasteiger partial charge in [-0.15, -0.1) is 5.10 Å². The number of aromatic carboxylic acids is 1. The van der Waals surface area contributed by atoms with Gasteiger partial charge in [0.05, 0.1) is 18.4 Å². The summed E-state index contributed by atoms with van der Waals surface area (Å²) in [5, 5.41) is 16.0. The fourth-order valence-corrected chi connectivity index (χ4v) is 3.59. The van der Waals surface area contributed by atoms with Crippen molar-refractivity contribution < 1.29 is 19.4 Å². The van der Waals surface area contributed by atoms with Gasteiger partial charge in [-0.25, -0.2) is 9.48 Å². The molecule has 8 heteroatoms. The summed E-state index contributed by atoms with van der Waals surface area (Å²) in [6.07, 6.45) is 8.42. The van der Waals surface area contributed by atoms with Crippen LogP contribution in [0, 0.1) is 5.92 Å². The molecule has 3 rings (SSSR count). The molecule has 0 aromatic carbocycles. The predicted octanol–water partition coefficient (Wildman–Crippen LogP) is 1.56. The van der Waals surface area contributed by atoms with Crippen LogP contribution in [0.5, 0.6) is 0 Å². The first-order valence-corrected chi connectivity index (χ1v) is 9.08. The zero-order valence-corrected chi connectivity index (χ0v) is 14.6. The molecule has 1 saturated heterocycles. The normalized spacial score (nSPS) is 25.1. The number of nitrogens with zero attached hydrogens (tertiary/aromatic N) is 4. The van der Waals surface area contributed by atoms with Crippen LogP contribution in [-0.2, 0) is 16.1 Å². The van der Waals surface area contributed by atoms with Gasteiger partial charge in [0.15, 0.2) is 5.69 Å². The van der Waals surface area contributed by atoms with Crippen LogP contribution < -0.4 is 0 Å². The van der Waals surface area contributed by atoms with Crippen LogP contribution in [0.25, 0.3) is 0 Å². The summed E-state index contributed by atoms with van der Waals surface area (Å²) in [7, 11) is 0. The highest BCUT2D eigenvalue weighted by atomic mass is 16.5. The minimum absolute atomic E-state index is 0.0202. The van der Waals surface area contributed by atoms with Crippen molar-refractivity contribution >= 4 is 11.9 Å². The number of aromatic nitrogens is 3. The Labute approximate surface area is 147 Å². The van der Waals surface area contributed by atoms with E-state index in [2.05, 4.69) is 17.2 Å². The number of piperidine rings is 1. The number of carbonyl (C=O) groups is 2. The zero-order valence-electron chi connectivity index (χ0n) is 14.6. The number of ether oxygens (including phenoxy) is 1. The fraction of sp³-hybridized carbons (Fsp3) is 0.765. The lowest BCUT2D eigenvalue weighted by atomic mass is 9.88. The predicted molar refractivity (Wildman–Crippen MR) is 89.1 cm³/mol. The molecule has 2 fully saturated rings. The van der Waals surface area contributed by atoms with Crippen LogP contribution >= 0.6 is 0 Å². The van der Waals surface area contributed by atoms with Crippen molar-refractivity contribution in [2.24, 2.45) is 5.92 Å². The molecular weight excluding hydrogens is 324 g/mol. The maximum absolute atomic E-state index is 12.3. The summed E-state index contributed by atoms with van der Waals surface area (Å²) < 4.78 is 7.50. The Kier molecular flexibility index (Phi) is 5.67. The third kappa shape index (κ3) is 4.78. The van der Waals surface area contributed by atoms with Crippen molar-refractivity contribution in [3.8, 4) is 0 Å². The van der Waals surface area contributed by atoms with E-state index >= 15 is 0 Å². The molecule has 1 aromatic rings. The molecule has 138 valence electrons. The largest absolute Gasteiger partial charge is 0.476 e. The van der Waals surface area contributed by atoms with E-state index in [0.717, 1.165) is 31.6 Å². The van der Waals surface area contributed by atoms with E-state index in [4.69, 9.17) is 9.84 Å². The summed E-state index contributed by atoms with van der Waals surface area (Å²) in [5.41, 5.74) is -0.151. The van der Waals surface area contributed by atoms with Gasteiger partial charge in [-0.3, -0.25) is 4.79 Å². The highest BCUT2D eigenvalue weighted by Gasteiger charge is 2.27. The fourth-order valence-electron chi connectivity index (χ4n) is 3.59. The number of carbonyl (C=O) groups excluding carboxylic acids is 1. The minimum atomic E-state index is -1.14. The second-order valence-corrected chi connectivity index (χ2v) is 7.20. The highest BCUT2D eigenvalue weighted by Crippen LogP contribution is 2.28. The smallest absolute Gasteiger partial charge is 0.358 e. The van der Waals surface area contributed by atoms with Gasteiger partial charge in [-0.1, -0.05) is 12.1 Å². The Morgan fingerprint density at radius 2 is 1.80 bits per heavy atom. The molecule has 1 amide bonds. The van der Waals surface area contributed by atoms with E-state index in [1.54, 1.807) is 4.90 Å². The number of hydrogen-bond donors (Lipinski definition) is 1. The topological polar surface area (TPSA) is 97.5 Å². The number of amides is 1. The van der Waals surface area contributed by atoms with Crippen LogP contribution in [0.3, 0.4) is 0 Å². The lowest BCUT2D eigenvalue weighted by molar-refractivity contribution is -0.136.